The fourth-order valence-electron chi connectivity index (χ4n) is 3.03. The Morgan fingerprint density at radius 3 is 2.48 bits per heavy atom. The first-order valence-corrected chi connectivity index (χ1v) is 8.76. The zero-order valence-electron chi connectivity index (χ0n) is 15.3. The third-order valence-corrected chi connectivity index (χ3v) is 4.46. The van der Waals surface area contributed by atoms with E-state index in [0.29, 0.717) is 12.1 Å². The predicted octanol–water partition coefficient (Wildman–Crippen LogP) is 4.06. The summed E-state index contributed by atoms with van der Waals surface area (Å²) in [6.07, 6.45) is 0. The highest BCUT2D eigenvalue weighted by Gasteiger charge is 2.20. The number of nitrogens with zero attached hydrogens (tertiary/aromatic N) is 1. The standard InChI is InChI=1S/C22H21NO4/c1-3-23(19-13-7-10-16-9-4-5-11-17(16)19)20(24)14-27-22(26)18-12-6-8-15(2)21(18)25/h4-13,25H,3,14H2,1-2H3. The number of ether oxygens (including phenoxy) is 1. The summed E-state index contributed by atoms with van der Waals surface area (Å²) in [5.74, 6) is -1.18. The van der Waals surface area contributed by atoms with Crippen LogP contribution in [0.25, 0.3) is 10.8 Å². The van der Waals surface area contributed by atoms with Crippen molar-refractivity contribution in [3.05, 3.63) is 71.8 Å². The van der Waals surface area contributed by atoms with Crippen LogP contribution in [0.3, 0.4) is 0 Å². The minimum Gasteiger partial charge on any atom is -0.507 e. The second-order valence-electron chi connectivity index (χ2n) is 6.18. The van der Waals surface area contributed by atoms with Crippen LogP contribution in [0.5, 0.6) is 5.75 Å². The molecule has 0 heterocycles. The van der Waals surface area contributed by atoms with E-state index in [1.165, 1.54) is 6.07 Å². The third-order valence-electron chi connectivity index (χ3n) is 4.46. The lowest BCUT2D eigenvalue weighted by Crippen LogP contribution is -2.34. The van der Waals surface area contributed by atoms with Crippen molar-refractivity contribution in [3.8, 4) is 5.75 Å². The number of aryl methyl sites for hydroxylation is 1. The van der Waals surface area contributed by atoms with Gasteiger partial charge in [0.2, 0.25) is 0 Å². The molecule has 0 aliphatic carbocycles. The zero-order chi connectivity index (χ0) is 19.4. The van der Waals surface area contributed by atoms with E-state index in [2.05, 4.69) is 0 Å². The van der Waals surface area contributed by atoms with Gasteiger partial charge >= 0.3 is 5.97 Å². The van der Waals surface area contributed by atoms with Gasteiger partial charge in [0.25, 0.3) is 5.91 Å². The number of rotatable bonds is 5. The summed E-state index contributed by atoms with van der Waals surface area (Å²) in [4.78, 5) is 26.5. The van der Waals surface area contributed by atoms with Gasteiger partial charge in [0, 0.05) is 11.9 Å². The Bertz CT molecular complexity index is 991. The van der Waals surface area contributed by atoms with Crippen molar-refractivity contribution >= 4 is 28.3 Å². The van der Waals surface area contributed by atoms with Crippen LogP contribution in [0.4, 0.5) is 5.69 Å². The van der Waals surface area contributed by atoms with Crippen LogP contribution in [0.15, 0.2) is 60.7 Å². The summed E-state index contributed by atoms with van der Waals surface area (Å²) < 4.78 is 5.15. The van der Waals surface area contributed by atoms with Crippen LogP contribution in [-0.4, -0.2) is 30.1 Å². The molecule has 3 aromatic rings. The van der Waals surface area contributed by atoms with Crippen LogP contribution in [0.2, 0.25) is 0 Å². The minimum atomic E-state index is -0.724. The molecule has 3 aromatic carbocycles. The fraction of sp³-hybridized carbons (Fsp3) is 0.182. The summed E-state index contributed by atoms with van der Waals surface area (Å²) in [5.41, 5.74) is 1.40. The molecule has 5 heteroatoms. The van der Waals surface area contributed by atoms with Gasteiger partial charge in [-0.2, -0.15) is 0 Å². The van der Waals surface area contributed by atoms with Gasteiger partial charge in [-0.1, -0.05) is 48.5 Å². The first kappa shape index (κ1) is 18.5. The van der Waals surface area contributed by atoms with Crippen molar-refractivity contribution in [2.24, 2.45) is 0 Å². The molecule has 5 nitrogen and oxygen atoms in total. The quantitative estimate of drug-likeness (QED) is 0.694. The maximum atomic E-state index is 12.7. The second-order valence-corrected chi connectivity index (χ2v) is 6.18. The van der Waals surface area contributed by atoms with Gasteiger partial charge < -0.3 is 14.7 Å². The van der Waals surface area contributed by atoms with E-state index in [0.717, 1.165) is 16.5 Å². The lowest BCUT2D eigenvalue weighted by molar-refractivity contribution is -0.121. The molecule has 27 heavy (non-hydrogen) atoms. The second kappa shape index (κ2) is 7.91. The normalized spacial score (nSPS) is 10.6. The predicted molar refractivity (Wildman–Crippen MR) is 105 cm³/mol. The number of aromatic hydroxyl groups is 1. The molecule has 0 spiro atoms. The molecule has 0 fully saturated rings. The number of hydrogen-bond acceptors (Lipinski definition) is 4. The molecule has 0 aromatic heterocycles. The summed E-state index contributed by atoms with van der Waals surface area (Å²) in [6.45, 7) is 3.60. The fourth-order valence-corrected chi connectivity index (χ4v) is 3.03. The molecule has 3 rings (SSSR count). The van der Waals surface area contributed by atoms with Gasteiger partial charge in [-0.25, -0.2) is 4.79 Å². The van der Waals surface area contributed by atoms with Crippen LogP contribution in [0.1, 0.15) is 22.8 Å². The molecule has 1 amide bonds. The summed E-state index contributed by atoms with van der Waals surface area (Å²) in [7, 11) is 0. The molecule has 0 aliphatic heterocycles. The number of likely N-dealkylation sites (N-methyl/N-ethyl adjacent to an activating group) is 1. The molecular formula is C22H21NO4. The van der Waals surface area contributed by atoms with Crippen molar-refractivity contribution in [1.29, 1.82) is 0 Å². The number of carbonyl (C=O) groups excluding carboxylic acids is 2. The number of carbonyl (C=O) groups is 2. The smallest absolute Gasteiger partial charge is 0.342 e. The molecule has 0 aliphatic rings. The number of hydrogen-bond donors (Lipinski definition) is 1. The Labute approximate surface area is 157 Å². The average Bonchev–Trinajstić information content (AvgIpc) is 2.69. The van der Waals surface area contributed by atoms with Gasteiger partial charge in [0.05, 0.1) is 5.69 Å². The number of fused-ring (bicyclic) bond motifs is 1. The van der Waals surface area contributed by atoms with Gasteiger partial charge in [-0.05, 0) is 36.9 Å². The maximum absolute atomic E-state index is 12.7. The van der Waals surface area contributed by atoms with Crippen LogP contribution < -0.4 is 4.90 Å². The molecule has 0 atom stereocenters. The highest BCUT2D eigenvalue weighted by Crippen LogP contribution is 2.27. The van der Waals surface area contributed by atoms with Crippen molar-refractivity contribution in [2.45, 2.75) is 13.8 Å². The van der Waals surface area contributed by atoms with Gasteiger partial charge in [0.15, 0.2) is 6.61 Å². The van der Waals surface area contributed by atoms with Crippen molar-refractivity contribution in [2.75, 3.05) is 18.1 Å². The number of anilines is 1. The van der Waals surface area contributed by atoms with Crippen molar-refractivity contribution in [3.63, 3.8) is 0 Å². The molecule has 138 valence electrons. The lowest BCUT2D eigenvalue weighted by Gasteiger charge is -2.22. The third kappa shape index (κ3) is 3.77. The van der Waals surface area contributed by atoms with Crippen LogP contribution >= 0.6 is 0 Å². The molecule has 0 saturated heterocycles. The average molecular weight is 363 g/mol. The summed E-state index contributed by atoms with van der Waals surface area (Å²) in [5, 5.41) is 12.0. The number of phenols is 1. The monoisotopic (exact) mass is 363 g/mol. The number of esters is 1. The first-order valence-electron chi connectivity index (χ1n) is 8.76. The van der Waals surface area contributed by atoms with Crippen LogP contribution in [-0.2, 0) is 9.53 Å². The molecular weight excluding hydrogens is 342 g/mol. The lowest BCUT2D eigenvalue weighted by atomic mass is 10.1. The maximum Gasteiger partial charge on any atom is 0.342 e. The SMILES string of the molecule is CCN(C(=O)COC(=O)c1cccc(C)c1O)c1cccc2ccccc12. The molecule has 1 N–H and O–H groups in total. The molecule has 0 bridgehead atoms. The highest BCUT2D eigenvalue weighted by molar-refractivity contribution is 6.05. The van der Waals surface area contributed by atoms with Crippen LogP contribution in [0, 0.1) is 6.92 Å². The Morgan fingerprint density at radius 2 is 1.70 bits per heavy atom. The number of phenolic OH excluding ortho intramolecular Hbond substituents is 1. The van der Waals surface area contributed by atoms with Gasteiger partial charge in [-0.15, -0.1) is 0 Å². The number of benzene rings is 3. The van der Waals surface area contributed by atoms with Crippen molar-refractivity contribution in [1.82, 2.24) is 0 Å². The van der Waals surface area contributed by atoms with E-state index in [1.54, 1.807) is 24.0 Å². The molecule has 0 unspecified atom stereocenters. The number of amides is 1. The van der Waals surface area contributed by atoms with E-state index in [9.17, 15) is 14.7 Å². The van der Waals surface area contributed by atoms with E-state index >= 15 is 0 Å². The Morgan fingerprint density at radius 1 is 1.00 bits per heavy atom. The topological polar surface area (TPSA) is 66.8 Å². The molecule has 0 radical (unpaired) electrons. The van der Waals surface area contributed by atoms with E-state index in [4.69, 9.17) is 4.74 Å². The Hall–Kier alpha value is -3.34. The highest BCUT2D eigenvalue weighted by atomic mass is 16.5. The van der Waals surface area contributed by atoms with E-state index < -0.39 is 12.6 Å². The minimum absolute atomic E-state index is 0.0519. The summed E-state index contributed by atoms with van der Waals surface area (Å²) >= 11 is 0. The number of para-hydroxylation sites is 1. The Kier molecular flexibility index (Phi) is 5.41. The van der Waals surface area contributed by atoms with E-state index in [1.807, 2.05) is 49.4 Å². The van der Waals surface area contributed by atoms with Gasteiger partial charge in [-0.3, -0.25) is 4.79 Å². The zero-order valence-corrected chi connectivity index (χ0v) is 15.3. The summed E-state index contributed by atoms with van der Waals surface area (Å²) in [6, 6.07) is 18.4. The first-order chi connectivity index (χ1) is 13.0. The van der Waals surface area contributed by atoms with Gasteiger partial charge in [0.1, 0.15) is 11.3 Å². The largest absolute Gasteiger partial charge is 0.507 e. The van der Waals surface area contributed by atoms with E-state index in [-0.39, 0.29) is 17.2 Å². The Balaban J connectivity index is 1.78. The van der Waals surface area contributed by atoms with Crippen molar-refractivity contribution < 1.29 is 19.4 Å². The molecule has 0 saturated carbocycles.